The maximum absolute atomic E-state index is 6.24. The first-order valence-corrected chi connectivity index (χ1v) is 6.45. The topological polar surface area (TPSA) is 24.9 Å². The molecule has 2 aromatic rings. The SMILES string of the molecule is CC1(C)CNc2c(-c3ccncc3Cl)cccc21. The number of aromatic nitrogens is 1. The Hall–Kier alpha value is -1.54. The Morgan fingerprint density at radius 2 is 2.06 bits per heavy atom. The number of halogens is 1. The van der Waals surface area contributed by atoms with Crippen LogP contribution in [0.1, 0.15) is 19.4 Å². The molecule has 92 valence electrons. The summed E-state index contributed by atoms with van der Waals surface area (Å²) >= 11 is 6.24. The molecule has 1 aromatic heterocycles. The fourth-order valence-corrected chi connectivity index (χ4v) is 2.75. The molecule has 0 bridgehead atoms. The molecule has 0 saturated heterocycles. The molecule has 2 nitrogen and oxygen atoms in total. The number of rotatable bonds is 1. The van der Waals surface area contributed by atoms with E-state index in [0.717, 1.165) is 17.7 Å². The van der Waals surface area contributed by atoms with Gasteiger partial charge in [-0.15, -0.1) is 0 Å². The van der Waals surface area contributed by atoms with Gasteiger partial charge in [0.2, 0.25) is 0 Å². The van der Waals surface area contributed by atoms with Crippen molar-refractivity contribution in [1.82, 2.24) is 4.98 Å². The average molecular weight is 259 g/mol. The molecule has 1 aromatic carbocycles. The Balaban J connectivity index is 2.22. The van der Waals surface area contributed by atoms with Crippen molar-refractivity contribution in [3.8, 4) is 11.1 Å². The van der Waals surface area contributed by atoms with Gasteiger partial charge in [-0.2, -0.15) is 0 Å². The van der Waals surface area contributed by atoms with Crippen LogP contribution < -0.4 is 5.32 Å². The lowest BCUT2D eigenvalue weighted by Crippen LogP contribution is -2.18. The Kier molecular flexibility index (Phi) is 2.56. The molecule has 0 unspecified atom stereocenters. The summed E-state index contributed by atoms with van der Waals surface area (Å²) in [7, 11) is 0. The monoisotopic (exact) mass is 258 g/mol. The molecule has 3 heteroatoms. The lowest BCUT2D eigenvalue weighted by Gasteiger charge is -2.17. The Bertz CT molecular complexity index is 605. The van der Waals surface area contributed by atoms with E-state index in [9.17, 15) is 0 Å². The first-order valence-electron chi connectivity index (χ1n) is 6.07. The van der Waals surface area contributed by atoms with Gasteiger partial charge < -0.3 is 5.32 Å². The van der Waals surface area contributed by atoms with E-state index in [4.69, 9.17) is 11.6 Å². The second-order valence-electron chi connectivity index (χ2n) is 5.32. The molecule has 0 aliphatic carbocycles. The van der Waals surface area contributed by atoms with Gasteiger partial charge >= 0.3 is 0 Å². The van der Waals surface area contributed by atoms with Gasteiger partial charge in [-0.05, 0) is 11.6 Å². The van der Waals surface area contributed by atoms with Gasteiger partial charge in [-0.3, -0.25) is 4.98 Å². The van der Waals surface area contributed by atoms with Crippen LogP contribution in [0.5, 0.6) is 0 Å². The third-order valence-corrected chi connectivity index (χ3v) is 3.86. The zero-order valence-corrected chi connectivity index (χ0v) is 11.3. The lowest BCUT2D eigenvalue weighted by atomic mass is 9.85. The molecule has 1 N–H and O–H groups in total. The minimum Gasteiger partial charge on any atom is -0.383 e. The number of benzene rings is 1. The van der Waals surface area contributed by atoms with Crippen LogP contribution in [0.3, 0.4) is 0 Å². The summed E-state index contributed by atoms with van der Waals surface area (Å²) in [5.74, 6) is 0. The molecular formula is C15H15ClN2. The van der Waals surface area contributed by atoms with E-state index >= 15 is 0 Å². The van der Waals surface area contributed by atoms with Gasteiger partial charge in [-0.1, -0.05) is 43.6 Å². The van der Waals surface area contributed by atoms with Gasteiger partial charge in [0.05, 0.1) is 5.02 Å². The molecule has 0 saturated carbocycles. The largest absolute Gasteiger partial charge is 0.383 e. The predicted octanol–water partition coefficient (Wildman–Crippen LogP) is 4.11. The molecule has 0 spiro atoms. The number of pyridine rings is 1. The van der Waals surface area contributed by atoms with Crippen LogP contribution >= 0.6 is 11.6 Å². The van der Waals surface area contributed by atoms with E-state index in [1.54, 1.807) is 12.4 Å². The van der Waals surface area contributed by atoms with Crippen LogP contribution in [0.2, 0.25) is 5.02 Å². The predicted molar refractivity (Wildman–Crippen MR) is 76.2 cm³/mol. The Labute approximate surface area is 112 Å². The molecule has 3 rings (SSSR count). The van der Waals surface area contributed by atoms with Gasteiger partial charge in [-0.25, -0.2) is 0 Å². The molecule has 1 aliphatic heterocycles. The van der Waals surface area contributed by atoms with Crippen molar-refractivity contribution in [3.05, 3.63) is 47.2 Å². The zero-order chi connectivity index (χ0) is 12.8. The second kappa shape index (κ2) is 3.99. The van der Waals surface area contributed by atoms with Crippen molar-refractivity contribution in [2.45, 2.75) is 19.3 Å². The average Bonchev–Trinajstić information content (AvgIpc) is 2.67. The smallest absolute Gasteiger partial charge is 0.0668 e. The van der Waals surface area contributed by atoms with E-state index in [-0.39, 0.29) is 5.41 Å². The molecule has 1 aliphatic rings. The minimum atomic E-state index is 0.171. The van der Waals surface area contributed by atoms with E-state index in [1.165, 1.54) is 11.3 Å². The summed E-state index contributed by atoms with van der Waals surface area (Å²) in [4.78, 5) is 4.04. The molecule has 0 fully saturated rings. The van der Waals surface area contributed by atoms with Crippen molar-refractivity contribution >= 4 is 17.3 Å². The number of hydrogen-bond donors (Lipinski definition) is 1. The lowest BCUT2D eigenvalue weighted by molar-refractivity contribution is 0.586. The highest BCUT2D eigenvalue weighted by molar-refractivity contribution is 6.33. The normalized spacial score (nSPS) is 16.2. The highest BCUT2D eigenvalue weighted by atomic mass is 35.5. The number of para-hydroxylation sites is 1. The number of nitrogens with one attached hydrogen (secondary N) is 1. The summed E-state index contributed by atoms with van der Waals surface area (Å²) < 4.78 is 0. The second-order valence-corrected chi connectivity index (χ2v) is 5.73. The van der Waals surface area contributed by atoms with Gasteiger partial charge in [0.15, 0.2) is 0 Å². The standard InChI is InChI=1S/C15H15ClN2/c1-15(2)9-18-14-11(4-3-5-12(14)15)10-6-7-17-8-13(10)16/h3-8,18H,9H2,1-2H3. The summed E-state index contributed by atoms with van der Waals surface area (Å²) in [6.07, 6.45) is 3.47. The minimum absolute atomic E-state index is 0.171. The van der Waals surface area contributed by atoms with Gasteiger partial charge in [0.1, 0.15) is 0 Å². The Morgan fingerprint density at radius 1 is 1.22 bits per heavy atom. The van der Waals surface area contributed by atoms with Crippen molar-refractivity contribution in [2.75, 3.05) is 11.9 Å². The fraction of sp³-hybridized carbons (Fsp3) is 0.267. The maximum Gasteiger partial charge on any atom is 0.0668 e. The molecule has 0 radical (unpaired) electrons. The highest BCUT2D eigenvalue weighted by Gasteiger charge is 2.31. The first kappa shape index (κ1) is 11.5. The molecule has 0 amide bonds. The van der Waals surface area contributed by atoms with Crippen molar-refractivity contribution in [1.29, 1.82) is 0 Å². The quantitative estimate of drug-likeness (QED) is 0.833. The highest BCUT2D eigenvalue weighted by Crippen LogP contribution is 2.43. The Morgan fingerprint density at radius 3 is 2.83 bits per heavy atom. The molecule has 2 heterocycles. The third kappa shape index (κ3) is 1.68. The van der Waals surface area contributed by atoms with Crippen LogP contribution in [0.15, 0.2) is 36.7 Å². The van der Waals surface area contributed by atoms with Crippen LogP contribution in [0.4, 0.5) is 5.69 Å². The van der Waals surface area contributed by atoms with Crippen molar-refractivity contribution in [3.63, 3.8) is 0 Å². The summed E-state index contributed by atoms with van der Waals surface area (Å²) in [5, 5.41) is 4.20. The molecule has 18 heavy (non-hydrogen) atoms. The van der Waals surface area contributed by atoms with Crippen LogP contribution in [-0.2, 0) is 5.41 Å². The number of fused-ring (bicyclic) bond motifs is 1. The van der Waals surface area contributed by atoms with Gasteiger partial charge in [0, 0.05) is 41.2 Å². The third-order valence-electron chi connectivity index (χ3n) is 3.56. The van der Waals surface area contributed by atoms with E-state index in [0.29, 0.717) is 5.02 Å². The van der Waals surface area contributed by atoms with Crippen LogP contribution in [0.25, 0.3) is 11.1 Å². The number of nitrogens with zero attached hydrogens (tertiary/aromatic N) is 1. The van der Waals surface area contributed by atoms with Crippen molar-refractivity contribution < 1.29 is 0 Å². The van der Waals surface area contributed by atoms with Gasteiger partial charge in [0.25, 0.3) is 0 Å². The molecular weight excluding hydrogens is 244 g/mol. The maximum atomic E-state index is 6.24. The van der Waals surface area contributed by atoms with E-state index < -0.39 is 0 Å². The van der Waals surface area contributed by atoms with E-state index in [2.05, 4.69) is 42.3 Å². The van der Waals surface area contributed by atoms with Crippen LogP contribution in [0, 0.1) is 0 Å². The summed E-state index contributed by atoms with van der Waals surface area (Å²) in [6, 6.07) is 8.35. The van der Waals surface area contributed by atoms with Crippen LogP contribution in [-0.4, -0.2) is 11.5 Å². The van der Waals surface area contributed by atoms with Crippen molar-refractivity contribution in [2.24, 2.45) is 0 Å². The molecule has 0 atom stereocenters. The number of anilines is 1. The zero-order valence-electron chi connectivity index (χ0n) is 10.5. The first-order chi connectivity index (χ1) is 8.59. The fourth-order valence-electron chi connectivity index (χ4n) is 2.53. The number of hydrogen-bond acceptors (Lipinski definition) is 2. The van der Waals surface area contributed by atoms with E-state index in [1.807, 2.05) is 6.07 Å². The summed E-state index contributed by atoms with van der Waals surface area (Å²) in [5.41, 5.74) is 4.92. The summed E-state index contributed by atoms with van der Waals surface area (Å²) in [6.45, 7) is 5.47.